The highest BCUT2D eigenvalue weighted by Crippen LogP contribution is 2.33. The normalized spacial score (nSPS) is 23.9. The van der Waals surface area contributed by atoms with E-state index in [-0.39, 0.29) is 0 Å². The first-order chi connectivity index (χ1) is 8.19. The van der Waals surface area contributed by atoms with E-state index in [1.165, 1.54) is 27.1 Å². The number of aromatic nitrogens is 1. The van der Waals surface area contributed by atoms with Gasteiger partial charge < -0.3 is 10.3 Å². The van der Waals surface area contributed by atoms with Crippen molar-refractivity contribution in [2.75, 3.05) is 6.26 Å². The summed E-state index contributed by atoms with van der Waals surface area (Å²) in [5.74, 6) is 0. The third-order valence-corrected chi connectivity index (χ3v) is 4.35. The Labute approximate surface area is 106 Å². The molecule has 0 amide bonds. The molecule has 2 atom stereocenters. The van der Waals surface area contributed by atoms with Crippen molar-refractivity contribution in [2.24, 2.45) is 0 Å². The van der Waals surface area contributed by atoms with Gasteiger partial charge >= 0.3 is 0 Å². The van der Waals surface area contributed by atoms with E-state index in [9.17, 15) is 0 Å². The number of rotatable bonds is 1. The van der Waals surface area contributed by atoms with Gasteiger partial charge in [0, 0.05) is 33.6 Å². The summed E-state index contributed by atoms with van der Waals surface area (Å²) in [5, 5.41) is 5.00. The van der Waals surface area contributed by atoms with Crippen LogP contribution in [-0.4, -0.2) is 17.3 Å². The third-order valence-electron chi connectivity index (χ3n) is 3.62. The second-order valence-electron chi connectivity index (χ2n) is 4.92. The first-order valence-electron chi connectivity index (χ1n) is 6.13. The number of hydrogen-bond acceptors (Lipinski definition) is 2. The summed E-state index contributed by atoms with van der Waals surface area (Å²) in [6.45, 7) is 4.50. The number of H-pyrrole nitrogens is 1. The highest BCUT2D eigenvalue weighted by molar-refractivity contribution is 7.98. The summed E-state index contributed by atoms with van der Waals surface area (Å²) in [7, 11) is 0. The highest BCUT2D eigenvalue weighted by Gasteiger charge is 2.24. The van der Waals surface area contributed by atoms with Gasteiger partial charge in [0.15, 0.2) is 0 Å². The van der Waals surface area contributed by atoms with Gasteiger partial charge in [0.1, 0.15) is 0 Å². The van der Waals surface area contributed by atoms with Crippen molar-refractivity contribution in [1.29, 1.82) is 0 Å². The summed E-state index contributed by atoms with van der Waals surface area (Å²) >= 11 is 1.81. The van der Waals surface area contributed by atoms with Crippen LogP contribution in [0.4, 0.5) is 0 Å². The fraction of sp³-hybridized carbons (Fsp3) is 0.429. The maximum atomic E-state index is 3.59. The zero-order valence-electron chi connectivity index (χ0n) is 10.5. The van der Waals surface area contributed by atoms with Crippen molar-refractivity contribution < 1.29 is 0 Å². The van der Waals surface area contributed by atoms with Crippen LogP contribution in [0.5, 0.6) is 0 Å². The molecule has 3 heteroatoms. The van der Waals surface area contributed by atoms with E-state index in [4.69, 9.17) is 0 Å². The zero-order valence-corrected chi connectivity index (χ0v) is 11.3. The summed E-state index contributed by atoms with van der Waals surface area (Å²) in [4.78, 5) is 4.91. The topological polar surface area (TPSA) is 27.8 Å². The zero-order chi connectivity index (χ0) is 12.0. The predicted octanol–water partition coefficient (Wildman–Crippen LogP) is 3.49. The van der Waals surface area contributed by atoms with Crippen molar-refractivity contribution in [3.8, 4) is 0 Å². The van der Waals surface area contributed by atoms with E-state index >= 15 is 0 Å². The van der Waals surface area contributed by atoms with Crippen LogP contribution < -0.4 is 5.32 Å². The lowest BCUT2D eigenvalue weighted by Gasteiger charge is -2.26. The maximum Gasteiger partial charge on any atom is 0.0460 e. The molecule has 0 spiro atoms. The standard InChI is InChI=1S/C14H18N2S/c1-8-6-12-11-7-10(17-3)4-5-13(11)16-14(12)9(2)15-8/h4-5,7-9,15-16H,6H2,1-3H3/t8-,9-/m0/s1. The lowest BCUT2D eigenvalue weighted by atomic mass is 9.96. The van der Waals surface area contributed by atoms with E-state index < -0.39 is 0 Å². The van der Waals surface area contributed by atoms with E-state index in [0.717, 1.165) is 6.42 Å². The van der Waals surface area contributed by atoms with Gasteiger partial charge in [-0.15, -0.1) is 11.8 Å². The molecule has 0 saturated heterocycles. The van der Waals surface area contributed by atoms with Crippen LogP contribution in [0, 0.1) is 0 Å². The molecular weight excluding hydrogens is 228 g/mol. The minimum Gasteiger partial charge on any atom is -0.357 e. The number of aromatic amines is 1. The first-order valence-corrected chi connectivity index (χ1v) is 7.36. The molecule has 0 radical (unpaired) electrons. The molecule has 1 aromatic carbocycles. The average molecular weight is 246 g/mol. The Morgan fingerprint density at radius 3 is 2.88 bits per heavy atom. The molecule has 2 N–H and O–H groups in total. The summed E-state index contributed by atoms with van der Waals surface area (Å²) in [5.41, 5.74) is 4.15. The van der Waals surface area contributed by atoms with Gasteiger partial charge in [-0.3, -0.25) is 0 Å². The quantitative estimate of drug-likeness (QED) is 0.754. The Bertz CT molecular complexity index is 559. The van der Waals surface area contributed by atoms with E-state index in [1.54, 1.807) is 0 Å². The molecule has 1 aliphatic heterocycles. The van der Waals surface area contributed by atoms with Crippen LogP contribution in [0.1, 0.15) is 31.1 Å². The molecule has 1 aromatic heterocycles. The lowest BCUT2D eigenvalue weighted by molar-refractivity contribution is 0.441. The van der Waals surface area contributed by atoms with Gasteiger partial charge in [0.2, 0.25) is 0 Å². The van der Waals surface area contributed by atoms with E-state index in [0.29, 0.717) is 12.1 Å². The van der Waals surface area contributed by atoms with Crippen LogP contribution in [0.15, 0.2) is 23.1 Å². The molecule has 0 unspecified atom stereocenters. The van der Waals surface area contributed by atoms with Crippen molar-refractivity contribution >= 4 is 22.7 Å². The van der Waals surface area contributed by atoms with E-state index in [2.05, 4.69) is 48.6 Å². The summed E-state index contributed by atoms with van der Waals surface area (Å²) in [6.07, 6.45) is 3.25. The van der Waals surface area contributed by atoms with Gasteiger partial charge in [0.25, 0.3) is 0 Å². The van der Waals surface area contributed by atoms with Crippen molar-refractivity contribution in [2.45, 2.75) is 37.2 Å². The predicted molar refractivity (Wildman–Crippen MR) is 74.8 cm³/mol. The van der Waals surface area contributed by atoms with Gasteiger partial charge in [-0.25, -0.2) is 0 Å². The summed E-state index contributed by atoms with van der Waals surface area (Å²) in [6, 6.07) is 7.71. The van der Waals surface area contributed by atoms with Gasteiger partial charge in [-0.05, 0) is 50.3 Å². The van der Waals surface area contributed by atoms with Gasteiger partial charge in [0.05, 0.1) is 0 Å². The number of fused-ring (bicyclic) bond motifs is 3. The van der Waals surface area contributed by atoms with Crippen LogP contribution in [0.3, 0.4) is 0 Å². The molecular formula is C14H18N2S. The molecule has 17 heavy (non-hydrogen) atoms. The molecule has 0 aliphatic carbocycles. The Balaban J connectivity index is 2.22. The monoisotopic (exact) mass is 246 g/mol. The van der Waals surface area contributed by atoms with Crippen molar-refractivity contribution in [1.82, 2.24) is 10.3 Å². The number of hydrogen-bond donors (Lipinski definition) is 2. The fourth-order valence-corrected chi connectivity index (χ4v) is 3.28. The molecule has 0 bridgehead atoms. The Hall–Kier alpha value is -0.930. The Morgan fingerprint density at radius 2 is 2.12 bits per heavy atom. The second kappa shape index (κ2) is 4.07. The van der Waals surface area contributed by atoms with Crippen LogP contribution in [0.2, 0.25) is 0 Å². The van der Waals surface area contributed by atoms with Crippen molar-refractivity contribution in [3.63, 3.8) is 0 Å². The highest BCUT2D eigenvalue weighted by atomic mass is 32.2. The molecule has 1 aliphatic rings. The number of benzene rings is 1. The second-order valence-corrected chi connectivity index (χ2v) is 5.80. The SMILES string of the molecule is CSc1ccc2[nH]c3c(c2c1)C[C@H](C)N[C@H]3C. The van der Waals surface area contributed by atoms with Crippen LogP contribution in [-0.2, 0) is 6.42 Å². The fourth-order valence-electron chi connectivity index (χ4n) is 2.84. The average Bonchev–Trinajstić information content (AvgIpc) is 2.67. The minimum atomic E-state index is 0.430. The molecule has 0 saturated carbocycles. The molecule has 90 valence electrons. The van der Waals surface area contributed by atoms with Crippen molar-refractivity contribution in [3.05, 3.63) is 29.5 Å². The van der Waals surface area contributed by atoms with E-state index in [1.807, 2.05) is 11.8 Å². The Morgan fingerprint density at radius 1 is 1.29 bits per heavy atom. The van der Waals surface area contributed by atoms with Gasteiger partial charge in [-0.2, -0.15) is 0 Å². The van der Waals surface area contributed by atoms with Crippen LogP contribution in [0.25, 0.3) is 10.9 Å². The molecule has 2 nitrogen and oxygen atoms in total. The third kappa shape index (κ3) is 1.78. The molecule has 3 rings (SSSR count). The number of nitrogens with one attached hydrogen (secondary N) is 2. The minimum absolute atomic E-state index is 0.430. The smallest absolute Gasteiger partial charge is 0.0460 e. The first kappa shape index (κ1) is 11.2. The Kier molecular flexibility index (Phi) is 2.68. The maximum absolute atomic E-state index is 3.59. The summed E-state index contributed by atoms with van der Waals surface area (Å²) < 4.78 is 0. The largest absolute Gasteiger partial charge is 0.357 e. The lowest BCUT2D eigenvalue weighted by Crippen LogP contribution is -2.35. The molecule has 2 heterocycles. The van der Waals surface area contributed by atoms with Crippen LogP contribution >= 0.6 is 11.8 Å². The number of thioether (sulfide) groups is 1. The molecule has 2 aromatic rings. The molecule has 0 fully saturated rings. The van der Waals surface area contributed by atoms with Gasteiger partial charge in [-0.1, -0.05) is 0 Å².